The summed E-state index contributed by atoms with van der Waals surface area (Å²) in [4.78, 5) is 21.6. The van der Waals surface area contributed by atoms with Crippen molar-refractivity contribution in [3.8, 4) is 0 Å². The smallest absolute Gasteiger partial charge is 1.00 e. The van der Waals surface area contributed by atoms with Gasteiger partial charge >= 0.3 is 57.4 Å². The monoisotopic (exact) mass is 306 g/mol. The van der Waals surface area contributed by atoms with Crippen molar-refractivity contribution in [1.29, 1.82) is 0 Å². The van der Waals surface area contributed by atoms with Gasteiger partial charge in [0.15, 0.2) is 0 Å². The minimum Gasteiger partial charge on any atom is -1.00 e. The Morgan fingerprint density at radius 1 is 0.938 bits per heavy atom. The van der Waals surface area contributed by atoms with Crippen molar-refractivity contribution in [3.63, 3.8) is 0 Å². The third-order valence-electron chi connectivity index (χ3n) is 2.76. The zero-order valence-corrected chi connectivity index (χ0v) is 14.0. The summed E-state index contributed by atoms with van der Waals surface area (Å²) in [5, 5.41) is 17.7. The molecule has 2 N–H and O–H groups in total. The van der Waals surface area contributed by atoms with Gasteiger partial charge in [0.05, 0.1) is 10.8 Å². The van der Waals surface area contributed by atoms with Gasteiger partial charge in [-0.1, -0.05) is 6.42 Å². The summed E-state index contributed by atoms with van der Waals surface area (Å²) in [6.07, 6.45) is 1.61. The van der Waals surface area contributed by atoms with Gasteiger partial charge in [-0.2, -0.15) is 0 Å². The average molecular weight is 306 g/mol. The van der Waals surface area contributed by atoms with Crippen LogP contribution < -0.4 is 0 Å². The molecule has 16 heavy (non-hydrogen) atoms. The molecule has 5 heteroatoms. The third kappa shape index (κ3) is 6.23. The van der Waals surface area contributed by atoms with Gasteiger partial charge in [-0.25, -0.2) is 0 Å². The largest absolute Gasteiger partial charge is 2.00 e. The molecule has 0 atom stereocenters. The van der Waals surface area contributed by atoms with Crippen LogP contribution in [-0.2, 0) is 9.59 Å². The summed E-state index contributed by atoms with van der Waals surface area (Å²) in [7, 11) is 0. The topological polar surface area (TPSA) is 74.6 Å². The standard InChI is InChI=1S/C11H20O4.Sr.2H/c1-10(2,8(12)13)6-5-7-11(3,4)9(14)15;;;/h5-7H2,1-4H3,(H,12,13)(H,14,15);;;/q;+2;2*-1. The molecule has 0 aliphatic heterocycles. The second-order valence-electron chi connectivity index (χ2n) is 5.23. The van der Waals surface area contributed by atoms with Gasteiger partial charge < -0.3 is 13.1 Å². The van der Waals surface area contributed by atoms with E-state index in [2.05, 4.69) is 0 Å². The summed E-state index contributed by atoms with van der Waals surface area (Å²) < 4.78 is 0. The molecule has 0 fully saturated rings. The van der Waals surface area contributed by atoms with Gasteiger partial charge in [0.2, 0.25) is 0 Å². The Morgan fingerprint density at radius 3 is 1.38 bits per heavy atom. The Bertz CT molecular complexity index is 242. The number of carboxylic acid groups (broad SMARTS) is 2. The van der Waals surface area contributed by atoms with Crippen LogP contribution in [0.1, 0.15) is 49.8 Å². The van der Waals surface area contributed by atoms with E-state index >= 15 is 0 Å². The number of hydrogen-bond acceptors (Lipinski definition) is 2. The van der Waals surface area contributed by atoms with E-state index in [4.69, 9.17) is 10.2 Å². The van der Waals surface area contributed by atoms with E-state index in [1.807, 2.05) is 0 Å². The molecular formula is C11H22O4Sr. The summed E-state index contributed by atoms with van der Waals surface area (Å²) in [6, 6.07) is 0. The average Bonchev–Trinajstić information content (AvgIpc) is 2.02. The maximum Gasteiger partial charge on any atom is 2.00 e. The van der Waals surface area contributed by atoms with Crippen LogP contribution in [0.2, 0.25) is 0 Å². The minimum absolute atomic E-state index is 0. The maximum atomic E-state index is 10.8. The zero-order chi connectivity index (χ0) is 12.3. The molecular weight excluding hydrogens is 284 g/mol. The Morgan fingerprint density at radius 2 is 1.19 bits per heavy atom. The molecule has 0 saturated carbocycles. The van der Waals surface area contributed by atoms with Crippen molar-refractivity contribution in [2.45, 2.75) is 47.0 Å². The molecule has 0 aliphatic rings. The van der Waals surface area contributed by atoms with Gasteiger partial charge in [-0.15, -0.1) is 0 Å². The SMILES string of the molecule is CC(C)(CCCC(C)(C)C(=O)O)C(=O)O.[H-].[H-].[Sr+2]. The molecule has 0 rings (SSSR count). The predicted octanol–water partition coefficient (Wildman–Crippen LogP) is 2.22. The second-order valence-corrected chi connectivity index (χ2v) is 5.23. The van der Waals surface area contributed by atoms with Crippen molar-refractivity contribution in [2.24, 2.45) is 10.8 Å². The minimum atomic E-state index is -0.837. The molecule has 4 nitrogen and oxygen atoms in total. The van der Waals surface area contributed by atoms with Crippen LogP contribution >= 0.6 is 0 Å². The molecule has 92 valence electrons. The van der Waals surface area contributed by atoms with E-state index in [9.17, 15) is 9.59 Å². The van der Waals surface area contributed by atoms with E-state index in [1.165, 1.54) is 0 Å². The molecule has 0 aromatic carbocycles. The molecule has 0 amide bonds. The fraction of sp³-hybridized carbons (Fsp3) is 0.818. The van der Waals surface area contributed by atoms with E-state index in [0.717, 1.165) is 0 Å². The number of aliphatic carboxylic acids is 2. The number of carboxylic acids is 2. The third-order valence-corrected chi connectivity index (χ3v) is 2.76. The fourth-order valence-corrected chi connectivity index (χ4v) is 1.19. The van der Waals surface area contributed by atoms with Gasteiger partial charge in [-0.05, 0) is 40.5 Å². The van der Waals surface area contributed by atoms with Crippen LogP contribution in [0.15, 0.2) is 0 Å². The molecule has 0 aliphatic carbocycles. The summed E-state index contributed by atoms with van der Waals surface area (Å²) in [5.41, 5.74) is -1.54. The summed E-state index contributed by atoms with van der Waals surface area (Å²) >= 11 is 0. The Balaban J connectivity index is -0.000000327. The molecule has 0 radical (unpaired) electrons. The summed E-state index contributed by atoms with van der Waals surface area (Å²) in [6.45, 7) is 6.62. The van der Waals surface area contributed by atoms with E-state index in [-0.39, 0.29) is 48.3 Å². The number of hydrogen-bond donors (Lipinski definition) is 2. The molecule has 0 unspecified atom stereocenters. The Kier molecular flexibility index (Phi) is 8.20. The first-order chi connectivity index (χ1) is 6.59. The Hall–Kier alpha value is 0.421. The van der Waals surface area contributed by atoms with E-state index in [0.29, 0.717) is 19.3 Å². The van der Waals surface area contributed by atoms with Crippen LogP contribution in [0.3, 0.4) is 0 Å². The predicted molar refractivity (Wildman–Crippen MR) is 64.7 cm³/mol. The summed E-state index contributed by atoms with van der Waals surface area (Å²) in [5.74, 6) is -1.67. The van der Waals surface area contributed by atoms with Gasteiger partial charge in [0, 0.05) is 0 Å². The van der Waals surface area contributed by atoms with Gasteiger partial charge in [-0.3, -0.25) is 9.59 Å². The van der Waals surface area contributed by atoms with Crippen molar-refractivity contribution >= 4 is 57.4 Å². The van der Waals surface area contributed by atoms with Crippen LogP contribution in [-0.4, -0.2) is 67.6 Å². The van der Waals surface area contributed by atoms with E-state index < -0.39 is 22.8 Å². The van der Waals surface area contributed by atoms with Crippen LogP contribution in [0.5, 0.6) is 0 Å². The molecule has 0 saturated heterocycles. The molecule has 0 aromatic heterocycles. The number of rotatable bonds is 6. The van der Waals surface area contributed by atoms with Crippen LogP contribution in [0.4, 0.5) is 0 Å². The van der Waals surface area contributed by atoms with Crippen LogP contribution in [0.25, 0.3) is 0 Å². The normalized spacial score (nSPS) is 11.8. The zero-order valence-electron chi connectivity index (χ0n) is 12.5. The second kappa shape index (κ2) is 6.99. The Labute approximate surface area is 137 Å². The first kappa shape index (κ1) is 18.8. The maximum absolute atomic E-state index is 10.8. The fourth-order valence-electron chi connectivity index (χ4n) is 1.19. The van der Waals surface area contributed by atoms with Gasteiger partial charge in [0.1, 0.15) is 0 Å². The van der Waals surface area contributed by atoms with Crippen molar-refractivity contribution in [3.05, 3.63) is 0 Å². The molecule has 0 spiro atoms. The first-order valence-corrected chi connectivity index (χ1v) is 5.06. The molecule has 0 aromatic rings. The molecule has 0 heterocycles. The first-order valence-electron chi connectivity index (χ1n) is 5.06. The number of carbonyl (C=O) groups is 2. The van der Waals surface area contributed by atoms with Gasteiger partial charge in [0.25, 0.3) is 0 Å². The van der Waals surface area contributed by atoms with E-state index in [1.54, 1.807) is 27.7 Å². The molecule has 0 bridgehead atoms. The van der Waals surface area contributed by atoms with Crippen molar-refractivity contribution in [1.82, 2.24) is 0 Å². The van der Waals surface area contributed by atoms with Crippen molar-refractivity contribution in [2.75, 3.05) is 0 Å². The quantitative estimate of drug-likeness (QED) is 0.738. The van der Waals surface area contributed by atoms with Crippen LogP contribution in [0, 0.1) is 10.8 Å². The van der Waals surface area contributed by atoms with Crippen molar-refractivity contribution < 1.29 is 22.7 Å².